The maximum Gasteiger partial charge on any atom is 0.337 e. The lowest BCUT2D eigenvalue weighted by molar-refractivity contribution is 0.0600. The molecule has 0 aliphatic rings. The van der Waals surface area contributed by atoms with Gasteiger partial charge in [0.05, 0.1) is 24.6 Å². The number of ether oxygens (including phenoxy) is 1. The van der Waals surface area contributed by atoms with E-state index in [0.717, 1.165) is 43.5 Å². The molecule has 3 rings (SSSR count). The summed E-state index contributed by atoms with van der Waals surface area (Å²) in [6.07, 6.45) is 4.63. The smallest absolute Gasteiger partial charge is 0.337 e. The van der Waals surface area contributed by atoms with Crippen molar-refractivity contribution in [3.05, 3.63) is 69.3 Å². The lowest BCUT2D eigenvalue weighted by Gasteiger charge is -2.18. The number of nitrogens with zero attached hydrogens (tertiary/aromatic N) is 3. The van der Waals surface area contributed by atoms with Crippen molar-refractivity contribution >= 4 is 5.97 Å². The van der Waals surface area contributed by atoms with Crippen molar-refractivity contribution < 1.29 is 19.7 Å². The third kappa shape index (κ3) is 5.36. The molecular weight excluding hydrogens is 424 g/mol. The predicted molar refractivity (Wildman–Crippen MR) is 123 cm³/mol. The molecule has 9 heteroatoms. The molecule has 178 valence electrons. The van der Waals surface area contributed by atoms with E-state index in [4.69, 9.17) is 4.74 Å². The fourth-order valence-corrected chi connectivity index (χ4v) is 3.84. The molecule has 0 saturated carbocycles. The van der Waals surface area contributed by atoms with Crippen LogP contribution in [0.15, 0.2) is 35.3 Å². The molecule has 1 unspecified atom stereocenters. The van der Waals surface area contributed by atoms with Crippen molar-refractivity contribution in [3.8, 4) is 5.88 Å². The average Bonchev–Trinajstić information content (AvgIpc) is 3.34. The lowest BCUT2D eigenvalue weighted by atomic mass is 10.1. The Morgan fingerprint density at radius 3 is 2.48 bits per heavy atom. The summed E-state index contributed by atoms with van der Waals surface area (Å²) < 4.78 is 8.05. The van der Waals surface area contributed by atoms with Crippen LogP contribution in [0.1, 0.15) is 78.8 Å². The van der Waals surface area contributed by atoms with Gasteiger partial charge in [0.1, 0.15) is 17.6 Å². The van der Waals surface area contributed by atoms with E-state index in [1.54, 1.807) is 18.3 Å². The second kappa shape index (κ2) is 11.0. The molecule has 1 atom stereocenters. The molecule has 0 aliphatic heterocycles. The summed E-state index contributed by atoms with van der Waals surface area (Å²) in [6.45, 7) is 4.91. The van der Waals surface area contributed by atoms with E-state index in [-0.39, 0.29) is 11.6 Å². The van der Waals surface area contributed by atoms with E-state index in [0.29, 0.717) is 24.3 Å². The number of aliphatic hydroxyl groups excluding tert-OH is 1. The van der Waals surface area contributed by atoms with Gasteiger partial charge in [-0.2, -0.15) is 0 Å². The number of unbranched alkanes of at least 4 members (excludes halogenated alkanes) is 2. The lowest BCUT2D eigenvalue weighted by Crippen LogP contribution is -2.22. The molecule has 0 fully saturated rings. The summed E-state index contributed by atoms with van der Waals surface area (Å²) in [6, 6.07) is 7.05. The molecule has 0 radical (unpaired) electrons. The number of carbonyl (C=O) groups excluding carboxylic acids is 1. The summed E-state index contributed by atoms with van der Waals surface area (Å²) in [7, 11) is 1.34. The summed E-state index contributed by atoms with van der Waals surface area (Å²) in [5.74, 6) is 0.0613. The number of benzene rings is 1. The molecule has 0 aliphatic carbocycles. The van der Waals surface area contributed by atoms with E-state index in [9.17, 15) is 19.8 Å². The van der Waals surface area contributed by atoms with E-state index in [1.165, 1.54) is 11.7 Å². The molecule has 0 amide bonds. The fraction of sp³-hybridized carbons (Fsp3) is 0.458. The van der Waals surface area contributed by atoms with E-state index >= 15 is 0 Å². The minimum atomic E-state index is -1.24. The zero-order chi connectivity index (χ0) is 24.0. The van der Waals surface area contributed by atoms with E-state index in [2.05, 4.69) is 16.9 Å². The van der Waals surface area contributed by atoms with Crippen LogP contribution in [0.25, 0.3) is 0 Å². The zero-order valence-corrected chi connectivity index (χ0v) is 19.4. The third-order valence-corrected chi connectivity index (χ3v) is 5.72. The number of aromatic hydroxyl groups is 1. The van der Waals surface area contributed by atoms with Crippen LogP contribution in [0.5, 0.6) is 5.88 Å². The van der Waals surface area contributed by atoms with Gasteiger partial charge in [-0.25, -0.2) is 14.6 Å². The van der Waals surface area contributed by atoms with Crippen LogP contribution in [0.2, 0.25) is 0 Å². The first kappa shape index (κ1) is 24.3. The molecule has 3 N–H and O–H groups in total. The van der Waals surface area contributed by atoms with Crippen LogP contribution >= 0.6 is 0 Å². The Labute approximate surface area is 192 Å². The number of aromatic nitrogens is 4. The van der Waals surface area contributed by atoms with Crippen molar-refractivity contribution in [3.63, 3.8) is 0 Å². The van der Waals surface area contributed by atoms with Crippen molar-refractivity contribution in [1.29, 1.82) is 0 Å². The van der Waals surface area contributed by atoms with Crippen molar-refractivity contribution in [2.45, 2.75) is 65.1 Å². The topological polar surface area (TPSA) is 122 Å². The summed E-state index contributed by atoms with van der Waals surface area (Å²) in [5, 5.41) is 21.6. The largest absolute Gasteiger partial charge is 0.493 e. The van der Waals surface area contributed by atoms with Gasteiger partial charge < -0.3 is 19.5 Å². The molecule has 3 aromatic rings. The Bertz CT molecular complexity index is 1130. The Kier molecular flexibility index (Phi) is 8.11. The average molecular weight is 457 g/mol. The predicted octanol–water partition coefficient (Wildman–Crippen LogP) is 3.14. The molecule has 9 nitrogen and oxygen atoms in total. The van der Waals surface area contributed by atoms with Crippen LogP contribution in [0.3, 0.4) is 0 Å². The number of rotatable bonds is 11. The summed E-state index contributed by atoms with van der Waals surface area (Å²) >= 11 is 0. The first-order valence-corrected chi connectivity index (χ1v) is 11.3. The van der Waals surface area contributed by atoms with Crippen LogP contribution in [0, 0.1) is 0 Å². The van der Waals surface area contributed by atoms with Gasteiger partial charge in [0.25, 0.3) is 0 Å². The summed E-state index contributed by atoms with van der Waals surface area (Å²) in [4.78, 5) is 31.0. The number of aliphatic hydroxyl groups is 1. The Morgan fingerprint density at radius 1 is 1.15 bits per heavy atom. The SMILES string of the molecule is CCCCc1ncc(C(O)c2c(O)[nH]c(=O)n2CCCC)n1Cc1ccc(C(=O)OC)cc1. The number of aryl methyl sites for hydroxylation is 1. The van der Waals surface area contributed by atoms with Gasteiger partial charge in [-0.15, -0.1) is 0 Å². The van der Waals surface area contributed by atoms with Crippen molar-refractivity contribution in [2.24, 2.45) is 0 Å². The number of imidazole rings is 2. The molecule has 33 heavy (non-hydrogen) atoms. The van der Waals surface area contributed by atoms with Crippen molar-refractivity contribution in [2.75, 3.05) is 7.11 Å². The number of esters is 1. The molecule has 0 spiro atoms. The minimum Gasteiger partial charge on any atom is -0.493 e. The molecular formula is C24H32N4O5. The third-order valence-electron chi connectivity index (χ3n) is 5.72. The molecule has 2 aromatic heterocycles. The van der Waals surface area contributed by atoms with Crippen LogP contribution < -0.4 is 5.69 Å². The first-order valence-electron chi connectivity index (χ1n) is 11.3. The highest BCUT2D eigenvalue weighted by atomic mass is 16.5. The maximum atomic E-state index is 12.3. The summed E-state index contributed by atoms with van der Waals surface area (Å²) in [5.41, 5.74) is 1.53. The number of nitrogens with one attached hydrogen (secondary N) is 1. The van der Waals surface area contributed by atoms with Gasteiger partial charge in [0.2, 0.25) is 5.88 Å². The minimum absolute atomic E-state index is 0.137. The second-order valence-corrected chi connectivity index (χ2v) is 8.05. The van der Waals surface area contributed by atoms with Gasteiger partial charge in [0.15, 0.2) is 0 Å². The van der Waals surface area contributed by atoms with Gasteiger partial charge in [-0.1, -0.05) is 38.8 Å². The van der Waals surface area contributed by atoms with Crippen molar-refractivity contribution in [1.82, 2.24) is 19.1 Å². The highest BCUT2D eigenvalue weighted by Gasteiger charge is 2.26. The molecule has 0 saturated heterocycles. The quantitative estimate of drug-likeness (QED) is 0.381. The zero-order valence-electron chi connectivity index (χ0n) is 19.4. The van der Waals surface area contributed by atoms with E-state index < -0.39 is 17.8 Å². The van der Waals surface area contributed by atoms with Gasteiger partial charge in [-0.3, -0.25) is 9.55 Å². The van der Waals surface area contributed by atoms with Crippen LogP contribution in [0.4, 0.5) is 0 Å². The number of methoxy groups -OCH3 is 1. The standard InChI is InChI=1S/C24H32N4O5/c1-4-6-8-19-25-14-18(21(29)20-22(30)26-24(32)27(20)13-7-5-2)28(19)15-16-9-11-17(12-10-16)23(31)33-3/h9-12,14,21,29-30H,4-8,13,15H2,1-3H3,(H,26,32). The normalized spacial score (nSPS) is 12.1. The van der Waals surface area contributed by atoms with Gasteiger partial charge in [-0.05, 0) is 30.5 Å². The van der Waals surface area contributed by atoms with Gasteiger partial charge in [0, 0.05) is 19.5 Å². The number of hydrogen-bond donors (Lipinski definition) is 3. The monoisotopic (exact) mass is 456 g/mol. The molecule has 0 bridgehead atoms. The first-order chi connectivity index (χ1) is 15.9. The Hall–Kier alpha value is -3.33. The fourth-order valence-electron chi connectivity index (χ4n) is 3.84. The van der Waals surface area contributed by atoms with Crippen LogP contribution in [-0.2, 0) is 24.2 Å². The second-order valence-electron chi connectivity index (χ2n) is 8.05. The molecule has 2 heterocycles. The number of H-pyrrole nitrogens is 1. The molecule has 1 aromatic carbocycles. The van der Waals surface area contributed by atoms with Gasteiger partial charge >= 0.3 is 11.7 Å². The number of carbonyl (C=O) groups is 1. The maximum absolute atomic E-state index is 12.3. The van der Waals surface area contributed by atoms with E-state index in [1.807, 2.05) is 23.6 Å². The number of aromatic amines is 1. The highest BCUT2D eigenvalue weighted by molar-refractivity contribution is 5.89. The van der Waals surface area contributed by atoms with Crippen LogP contribution in [-0.4, -0.2) is 42.4 Å². The Morgan fingerprint density at radius 2 is 1.85 bits per heavy atom. The Balaban J connectivity index is 1.99. The number of hydrogen-bond acceptors (Lipinski definition) is 6. The highest BCUT2D eigenvalue weighted by Crippen LogP contribution is 2.29.